The van der Waals surface area contributed by atoms with Gasteiger partial charge in [0.05, 0.1) is 0 Å². The summed E-state index contributed by atoms with van der Waals surface area (Å²) in [6.07, 6.45) is 0. The Morgan fingerprint density at radius 3 is 2.71 bits per heavy atom. The van der Waals surface area contributed by atoms with Gasteiger partial charge in [0.2, 0.25) is 0 Å². The van der Waals surface area contributed by atoms with Gasteiger partial charge in [-0.25, -0.2) is 0 Å². The van der Waals surface area contributed by atoms with E-state index in [0.717, 1.165) is 6.54 Å². The van der Waals surface area contributed by atoms with Crippen molar-refractivity contribution in [1.29, 1.82) is 0 Å². The Labute approximate surface area is 86.7 Å². The van der Waals surface area contributed by atoms with Gasteiger partial charge in [-0.05, 0) is 26.5 Å². The van der Waals surface area contributed by atoms with Gasteiger partial charge in [0.1, 0.15) is 0 Å². The summed E-state index contributed by atoms with van der Waals surface area (Å²) in [6, 6.07) is 9.05. The highest BCUT2D eigenvalue weighted by molar-refractivity contribution is 5.22. The first-order valence-corrected chi connectivity index (χ1v) is 5.09. The van der Waals surface area contributed by atoms with Gasteiger partial charge in [-0.2, -0.15) is 0 Å². The number of benzene rings is 1. The molecule has 0 aliphatic rings. The van der Waals surface area contributed by atoms with Crippen LogP contribution in [-0.4, -0.2) is 24.5 Å². The number of hydrogen-bond donors (Lipinski definition) is 1. The van der Waals surface area contributed by atoms with Crippen molar-refractivity contribution in [3.8, 4) is 0 Å². The van der Waals surface area contributed by atoms with Crippen LogP contribution < -0.4 is 5.73 Å². The predicted octanol–water partition coefficient (Wildman–Crippen LogP) is 1.77. The summed E-state index contributed by atoms with van der Waals surface area (Å²) in [5.74, 6) is 0. The van der Waals surface area contributed by atoms with E-state index in [-0.39, 0.29) is 0 Å². The zero-order chi connectivity index (χ0) is 10.6. The third-order valence-corrected chi connectivity index (χ3v) is 2.61. The third-order valence-electron chi connectivity index (χ3n) is 2.61. The van der Waals surface area contributed by atoms with Gasteiger partial charge in [0, 0.05) is 19.1 Å². The molecule has 78 valence electrons. The molecule has 14 heavy (non-hydrogen) atoms. The van der Waals surface area contributed by atoms with Gasteiger partial charge in [-0.3, -0.25) is 4.90 Å². The Balaban J connectivity index is 2.60. The normalized spacial score (nSPS) is 13.2. The lowest BCUT2D eigenvalue weighted by atomic mass is 10.1. The molecule has 1 unspecified atom stereocenters. The molecule has 1 aromatic rings. The average Bonchev–Trinajstić information content (AvgIpc) is 2.16. The molecule has 2 N–H and O–H groups in total. The van der Waals surface area contributed by atoms with Crippen LogP contribution in [0.5, 0.6) is 0 Å². The van der Waals surface area contributed by atoms with Crippen molar-refractivity contribution >= 4 is 0 Å². The number of hydrogen-bond acceptors (Lipinski definition) is 2. The molecule has 0 aliphatic carbocycles. The van der Waals surface area contributed by atoms with E-state index in [1.807, 2.05) is 0 Å². The molecule has 0 bridgehead atoms. The van der Waals surface area contributed by atoms with Gasteiger partial charge >= 0.3 is 0 Å². The second-order valence-corrected chi connectivity index (χ2v) is 3.99. The SMILES string of the molecule is Cc1cccc(CN(C)C(C)CN)c1. The van der Waals surface area contributed by atoms with Crippen LogP contribution in [0.3, 0.4) is 0 Å². The van der Waals surface area contributed by atoms with Crippen LogP contribution in [0.1, 0.15) is 18.1 Å². The molecular formula is C12H20N2. The van der Waals surface area contributed by atoms with E-state index >= 15 is 0 Å². The highest BCUT2D eigenvalue weighted by Crippen LogP contribution is 2.08. The molecule has 0 saturated carbocycles. The van der Waals surface area contributed by atoms with Crippen molar-refractivity contribution < 1.29 is 0 Å². The zero-order valence-corrected chi connectivity index (χ0v) is 9.33. The molecule has 1 atom stereocenters. The summed E-state index contributed by atoms with van der Waals surface area (Å²) in [5.41, 5.74) is 8.29. The largest absolute Gasteiger partial charge is 0.329 e. The minimum absolute atomic E-state index is 0.440. The van der Waals surface area contributed by atoms with Gasteiger partial charge in [-0.15, -0.1) is 0 Å². The first kappa shape index (κ1) is 11.2. The number of likely N-dealkylation sites (N-methyl/N-ethyl adjacent to an activating group) is 1. The van der Waals surface area contributed by atoms with Gasteiger partial charge < -0.3 is 5.73 Å². The second kappa shape index (κ2) is 5.13. The van der Waals surface area contributed by atoms with Crippen molar-refractivity contribution in [3.63, 3.8) is 0 Å². The summed E-state index contributed by atoms with van der Waals surface area (Å²) in [6.45, 7) is 5.95. The monoisotopic (exact) mass is 192 g/mol. The molecule has 0 amide bonds. The summed E-state index contributed by atoms with van der Waals surface area (Å²) in [4.78, 5) is 2.27. The van der Waals surface area contributed by atoms with Crippen molar-refractivity contribution in [2.45, 2.75) is 26.4 Å². The third kappa shape index (κ3) is 3.13. The van der Waals surface area contributed by atoms with Crippen molar-refractivity contribution in [2.24, 2.45) is 5.73 Å². The molecule has 0 saturated heterocycles. The second-order valence-electron chi connectivity index (χ2n) is 3.99. The average molecular weight is 192 g/mol. The maximum atomic E-state index is 5.61. The Morgan fingerprint density at radius 1 is 1.43 bits per heavy atom. The van der Waals surface area contributed by atoms with Crippen LogP contribution in [-0.2, 0) is 6.54 Å². The minimum Gasteiger partial charge on any atom is -0.329 e. The molecule has 1 aromatic carbocycles. The van der Waals surface area contributed by atoms with E-state index in [4.69, 9.17) is 5.73 Å². The lowest BCUT2D eigenvalue weighted by Crippen LogP contribution is -2.34. The van der Waals surface area contributed by atoms with E-state index in [1.54, 1.807) is 0 Å². The number of nitrogens with zero attached hydrogens (tertiary/aromatic N) is 1. The zero-order valence-electron chi connectivity index (χ0n) is 9.33. The van der Waals surface area contributed by atoms with Crippen LogP contribution >= 0.6 is 0 Å². The smallest absolute Gasteiger partial charge is 0.0234 e. The van der Waals surface area contributed by atoms with Crippen molar-refractivity contribution in [3.05, 3.63) is 35.4 Å². The van der Waals surface area contributed by atoms with Gasteiger partial charge in [-0.1, -0.05) is 29.8 Å². The van der Waals surface area contributed by atoms with Gasteiger partial charge in [0.15, 0.2) is 0 Å². The van der Waals surface area contributed by atoms with E-state index < -0.39 is 0 Å². The molecule has 1 rings (SSSR count). The van der Waals surface area contributed by atoms with Crippen molar-refractivity contribution in [2.75, 3.05) is 13.6 Å². The number of aryl methyl sites for hydroxylation is 1. The molecule has 0 fully saturated rings. The highest BCUT2D eigenvalue weighted by Gasteiger charge is 2.06. The van der Waals surface area contributed by atoms with E-state index in [9.17, 15) is 0 Å². The number of nitrogens with two attached hydrogens (primary N) is 1. The quantitative estimate of drug-likeness (QED) is 0.788. The molecule has 0 radical (unpaired) electrons. The summed E-state index contributed by atoms with van der Waals surface area (Å²) in [5, 5.41) is 0. The Bertz CT molecular complexity index is 283. The Morgan fingerprint density at radius 2 is 2.14 bits per heavy atom. The Hall–Kier alpha value is -0.860. The van der Waals surface area contributed by atoms with Crippen LogP contribution in [0.4, 0.5) is 0 Å². The van der Waals surface area contributed by atoms with E-state index in [1.165, 1.54) is 11.1 Å². The maximum absolute atomic E-state index is 5.61. The van der Waals surface area contributed by atoms with Crippen LogP contribution in [0.15, 0.2) is 24.3 Å². The lowest BCUT2D eigenvalue weighted by Gasteiger charge is -2.23. The predicted molar refractivity (Wildman–Crippen MR) is 61.2 cm³/mol. The van der Waals surface area contributed by atoms with Crippen molar-refractivity contribution in [1.82, 2.24) is 4.90 Å². The standard InChI is InChI=1S/C12H20N2/c1-10-5-4-6-12(7-10)9-14(3)11(2)8-13/h4-7,11H,8-9,13H2,1-3H3. The molecule has 0 aliphatic heterocycles. The molecule has 2 heteroatoms. The topological polar surface area (TPSA) is 29.3 Å². The van der Waals surface area contributed by atoms with Gasteiger partial charge in [0.25, 0.3) is 0 Å². The molecular weight excluding hydrogens is 172 g/mol. The first-order chi connectivity index (χ1) is 6.63. The molecule has 2 nitrogen and oxygen atoms in total. The van der Waals surface area contributed by atoms with E-state index in [0.29, 0.717) is 12.6 Å². The van der Waals surface area contributed by atoms with Crippen LogP contribution in [0.25, 0.3) is 0 Å². The van der Waals surface area contributed by atoms with E-state index in [2.05, 4.69) is 50.1 Å². The minimum atomic E-state index is 0.440. The summed E-state index contributed by atoms with van der Waals surface area (Å²) in [7, 11) is 2.11. The summed E-state index contributed by atoms with van der Waals surface area (Å²) < 4.78 is 0. The highest BCUT2D eigenvalue weighted by atomic mass is 15.1. The lowest BCUT2D eigenvalue weighted by molar-refractivity contribution is 0.255. The molecule has 0 spiro atoms. The molecule has 0 heterocycles. The molecule has 0 aromatic heterocycles. The fourth-order valence-electron chi connectivity index (χ4n) is 1.43. The summed E-state index contributed by atoms with van der Waals surface area (Å²) >= 11 is 0. The number of rotatable bonds is 4. The Kier molecular flexibility index (Phi) is 4.11. The first-order valence-electron chi connectivity index (χ1n) is 5.09. The maximum Gasteiger partial charge on any atom is 0.0234 e. The fraction of sp³-hybridized carbons (Fsp3) is 0.500. The van der Waals surface area contributed by atoms with Crippen LogP contribution in [0, 0.1) is 6.92 Å². The fourth-order valence-corrected chi connectivity index (χ4v) is 1.43. The van der Waals surface area contributed by atoms with Crippen LogP contribution in [0.2, 0.25) is 0 Å².